The van der Waals surface area contributed by atoms with E-state index in [1.54, 1.807) is 6.07 Å². The summed E-state index contributed by atoms with van der Waals surface area (Å²) < 4.78 is 5.06. The van der Waals surface area contributed by atoms with E-state index in [2.05, 4.69) is 20.6 Å². The summed E-state index contributed by atoms with van der Waals surface area (Å²) in [7, 11) is 0. The molecule has 17 heavy (non-hydrogen) atoms. The van der Waals surface area contributed by atoms with Gasteiger partial charge in [0.25, 0.3) is 0 Å². The van der Waals surface area contributed by atoms with Crippen LogP contribution >= 0.6 is 22.6 Å². The number of halogens is 1. The monoisotopic (exact) mass is 350 g/mol. The lowest BCUT2D eigenvalue weighted by Gasteiger charge is -1.87. The van der Waals surface area contributed by atoms with Gasteiger partial charge in [0.05, 0.1) is 9.35 Å². The first kappa shape index (κ1) is 13.3. The summed E-state index contributed by atoms with van der Waals surface area (Å²) in [5, 5.41) is 17.1. The third-order valence-corrected chi connectivity index (χ3v) is 2.34. The second kappa shape index (κ2) is 6.08. The lowest BCUT2D eigenvalue weighted by Crippen LogP contribution is -2.10. The van der Waals surface area contributed by atoms with Gasteiger partial charge in [-0.2, -0.15) is 0 Å². The van der Waals surface area contributed by atoms with E-state index >= 15 is 0 Å². The molecule has 0 spiro atoms. The molecule has 0 bridgehead atoms. The van der Waals surface area contributed by atoms with Crippen LogP contribution in [0.2, 0.25) is 0 Å². The second-order valence-electron chi connectivity index (χ2n) is 2.75. The van der Waals surface area contributed by atoms with E-state index in [0.717, 1.165) is 0 Å². The smallest absolute Gasteiger partial charge is 0.300 e. The second-order valence-corrected chi connectivity index (χ2v) is 3.52. The number of fused-ring (bicyclic) bond motifs is 1. The predicted molar refractivity (Wildman–Crippen MR) is 66.5 cm³/mol. The van der Waals surface area contributed by atoms with Gasteiger partial charge >= 0.3 is 5.69 Å². The number of rotatable bonds is 2. The summed E-state index contributed by atoms with van der Waals surface area (Å²) in [5.74, 6) is -0.259. The van der Waals surface area contributed by atoms with Gasteiger partial charge in [0.15, 0.2) is 5.58 Å². The van der Waals surface area contributed by atoms with Crippen molar-refractivity contribution in [3.05, 3.63) is 28.3 Å². The number of carbonyl (C=O) groups is 1. The van der Waals surface area contributed by atoms with Crippen LogP contribution in [-0.4, -0.2) is 25.6 Å². The molecule has 0 atom stereocenters. The molecule has 0 aliphatic carbocycles. The number of nitro groups is 1. The van der Waals surface area contributed by atoms with Crippen LogP contribution in [0.15, 0.2) is 22.7 Å². The minimum Gasteiger partial charge on any atom is -0.369 e. The largest absolute Gasteiger partial charge is 0.369 e. The summed E-state index contributed by atoms with van der Waals surface area (Å²) in [6.07, 6.45) is 0. The van der Waals surface area contributed by atoms with Gasteiger partial charge in [0.1, 0.15) is 0 Å². The number of carbonyl (C=O) groups excluding carboxylic acids is 1. The zero-order valence-corrected chi connectivity index (χ0v) is 10.5. The van der Waals surface area contributed by atoms with Crippen LogP contribution in [0.3, 0.4) is 0 Å². The highest BCUT2D eigenvalue weighted by Gasteiger charge is 2.14. The van der Waals surface area contributed by atoms with Crippen molar-refractivity contribution in [2.45, 2.75) is 0 Å². The third-order valence-electron chi connectivity index (χ3n) is 1.59. The normalized spacial score (nSPS) is 9.47. The molecule has 1 aromatic carbocycles. The molecule has 0 saturated carbocycles. The van der Waals surface area contributed by atoms with Gasteiger partial charge in [-0.3, -0.25) is 14.9 Å². The number of nitro benzene ring substituents is 1. The number of amides is 1. The standard InChI is InChI=1S/C6H3N3O3.C2H4INO/c10-9(11)4-2-1-3-5-6(4)7-8-12-5;3-1-2(4)5/h1-3H;1H2,(H2,4,5). The van der Waals surface area contributed by atoms with Gasteiger partial charge in [0.2, 0.25) is 11.4 Å². The fraction of sp³-hybridized carbons (Fsp3) is 0.125. The van der Waals surface area contributed by atoms with E-state index < -0.39 is 4.92 Å². The molecule has 0 fully saturated rings. The number of nitrogens with zero attached hydrogens (tertiary/aromatic N) is 3. The maximum absolute atomic E-state index is 10.4. The Morgan fingerprint density at radius 1 is 1.59 bits per heavy atom. The Labute approximate surface area is 108 Å². The van der Waals surface area contributed by atoms with Crippen LogP contribution in [0.4, 0.5) is 5.69 Å². The Hall–Kier alpha value is -1.78. The number of hydrogen-bond acceptors (Lipinski definition) is 6. The first-order valence-corrected chi connectivity index (χ1v) is 5.78. The number of aromatic nitrogens is 2. The van der Waals surface area contributed by atoms with E-state index in [1.165, 1.54) is 12.1 Å². The summed E-state index contributed by atoms with van der Waals surface area (Å²) in [6, 6.07) is 4.45. The number of nitrogens with two attached hydrogens (primary N) is 1. The molecule has 2 N–H and O–H groups in total. The van der Waals surface area contributed by atoms with E-state index in [1.807, 2.05) is 22.6 Å². The number of benzene rings is 1. The van der Waals surface area contributed by atoms with Gasteiger partial charge in [-0.15, -0.1) is 5.10 Å². The average molecular weight is 350 g/mol. The van der Waals surface area contributed by atoms with Crippen LogP contribution in [0.1, 0.15) is 0 Å². The summed E-state index contributed by atoms with van der Waals surface area (Å²) in [4.78, 5) is 19.5. The van der Waals surface area contributed by atoms with Gasteiger partial charge in [0, 0.05) is 11.3 Å². The molecule has 90 valence electrons. The molecule has 8 nitrogen and oxygen atoms in total. The van der Waals surface area contributed by atoms with Crippen molar-refractivity contribution in [3.8, 4) is 0 Å². The first-order chi connectivity index (χ1) is 8.06. The molecule has 1 aromatic heterocycles. The molecule has 0 aliphatic rings. The zero-order valence-electron chi connectivity index (χ0n) is 8.37. The molecule has 2 aromatic rings. The van der Waals surface area contributed by atoms with Crippen molar-refractivity contribution in [1.82, 2.24) is 10.4 Å². The zero-order chi connectivity index (χ0) is 12.8. The van der Waals surface area contributed by atoms with Crippen LogP contribution in [0, 0.1) is 10.1 Å². The summed E-state index contributed by atoms with van der Waals surface area (Å²) >= 11 is 1.90. The molecule has 9 heteroatoms. The van der Waals surface area contributed by atoms with Crippen LogP contribution in [0.25, 0.3) is 11.1 Å². The predicted octanol–water partition coefficient (Wildman–Crippen LogP) is 1.04. The maximum Gasteiger partial charge on any atom is 0.300 e. The van der Waals surface area contributed by atoms with Crippen molar-refractivity contribution in [2.75, 3.05) is 4.43 Å². The van der Waals surface area contributed by atoms with Gasteiger partial charge in [-0.25, -0.2) is 0 Å². The first-order valence-electron chi connectivity index (χ1n) is 4.26. The highest BCUT2D eigenvalue weighted by Crippen LogP contribution is 2.21. The fourth-order valence-corrected chi connectivity index (χ4v) is 0.937. The van der Waals surface area contributed by atoms with Crippen molar-refractivity contribution in [1.29, 1.82) is 0 Å². The minimum absolute atomic E-state index is 0.0891. The van der Waals surface area contributed by atoms with Crippen molar-refractivity contribution in [2.24, 2.45) is 5.73 Å². The van der Waals surface area contributed by atoms with Crippen molar-refractivity contribution in [3.63, 3.8) is 0 Å². The highest BCUT2D eigenvalue weighted by molar-refractivity contribution is 14.1. The molecular formula is C8H7IN4O4. The van der Waals surface area contributed by atoms with Gasteiger partial charge in [-0.05, 0) is 6.07 Å². The fourth-order valence-electron chi connectivity index (χ4n) is 0.937. The van der Waals surface area contributed by atoms with Crippen molar-refractivity contribution >= 4 is 45.3 Å². The van der Waals surface area contributed by atoms with Gasteiger partial charge in [-0.1, -0.05) is 28.7 Å². The number of hydrogen-bond donors (Lipinski definition) is 1. The minimum atomic E-state index is -0.521. The Bertz CT molecular complexity index is 541. The third kappa shape index (κ3) is 3.62. The SMILES string of the molecule is NC(=O)CI.O=[N+]([O-])c1cccc2onnc12. The highest BCUT2D eigenvalue weighted by atomic mass is 127. The molecule has 0 radical (unpaired) electrons. The van der Waals surface area contributed by atoms with Gasteiger partial charge < -0.3 is 10.3 Å². The molecule has 0 aliphatic heterocycles. The molecule has 0 saturated heterocycles. The van der Waals surface area contributed by atoms with E-state index in [4.69, 9.17) is 0 Å². The Morgan fingerprint density at radius 2 is 2.24 bits per heavy atom. The lowest BCUT2D eigenvalue weighted by atomic mass is 10.3. The van der Waals surface area contributed by atoms with Crippen LogP contribution in [-0.2, 0) is 4.79 Å². The summed E-state index contributed by atoms with van der Waals surface area (Å²) in [6.45, 7) is 0. The van der Waals surface area contributed by atoms with Crippen LogP contribution < -0.4 is 5.73 Å². The number of primary amides is 1. The quantitative estimate of drug-likeness (QED) is 0.373. The Morgan fingerprint density at radius 3 is 2.76 bits per heavy atom. The molecule has 0 unspecified atom stereocenters. The van der Waals surface area contributed by atoms with E-state index in [0.29, 0.717) is 10.0 Å². The molecule has 1 amide bonds. The molecule has 2 rings (SSSR count). The number of non-ortho nitro benzene ring substituents is 1. The molecular weight excluding hydrogens is 343 g/mol. The molecule has 1 heterocycles. The van der Waals surface area contributed by atoms with Crippen LogP contribution in [0.5, 0.6) is 0 Å². The van der Waals surface area contributed by atoms with E-state index in [-0.39, 0.29) is 17.1 Å². The maximum atomic E-state index is 10.4. The Balaban J connectivity index is 0.000000249. The Kier molecular flexibility index (Phi) is 4.75. The average Bonchev–Trinajstić information content (AvgIpc) is 2.77. The number of alkyl halides is 1. The summed E-state index contributed by atoms with van der Waals surface area (Å²) in [5.41, 5.74) is 5.06. The van der Waals surface area contributed by atoms with Crippen molar-refractivity contribution < 1.29 is 14.2 Å². The topological polar surface area (TPSA) is 125 Å². The van der Waals surface area contributed by atoms with E-state index in [9.17, 15) is 14.9 Å². The lowest BCUT2D eigenvalue weighted by molar-refractivity contribution is -0.383.